The number of rotatable bonds is 5. The van der Waals surface area contributed by atoms with Gasteiger partial charge in [0.05, 0.1) is 6.42 Å². The maximum Gasteiger partial charge on any atom is 0.326 e. The van der Waals surface area contributed by atoms with Crippen LogP contribution in [-0.2, 0) is 22.7 Å². The van der Waals surface area contributed by atoms with Crippen molar-refractivity contribution in [2.45, 2.75) is 25.6 Å². The lowest BCUT2D eigenvalue weighted by atomic mass is 10.1. The van der Waals surface area contributed by atoms with E-state index >= 15 is 0 Å². The van der Waals surface area contributed by atoms with Crippen molar-refractivity contribution in [3.05, 3.63) is 65.7 Å². The number of fused-ring (bicyclic) bond motifs is 1. The van der Waals surface area contributed by atoms with E-state index in [-0.39, 0.29) is 12.3 Å². The molecule has 1 heterocycles. The maximum atomic E-state index is 12.6. The number of carbonyl (C=O) groups excluding carboxylic acids is 1. The summed E-state index contributed by atoms with van der Waals surface area (Å²) in [6.45, 7) is 1.10. The Balaban J connectivity index is 1.70. The van der Waals surface area contributed by atoms with E-state index in [1.165, 1.54) is 0 Å². The Kier molecular flexibility index (Phi) is 4.51. The summed E-state index contributed by atoms with van der Waals surface area (Å²) >= 11 is 0. The van der Waals surface area contributed by atoms with Crippen LogP contribution in [0.25, 0.3) is 0 Å². The van der Waals surface area contributed by atoms with Crippen molar-refractivity contribution in [1.29, 1.82) is 0 Å². The highest BCUT2D eigenvalue weighted by atomic mass is 16.4. The van der Waals surface area contributed by atoms with Crippen LogP contribution in [-0.4, -0.2) is 35.0 Å². The molecule has 0 aromatic heterocycles. The molecule has 1 amide bonds. The van der Waals surface area contributed by atoms with E-state index in [0.717, 1.165) is 16.8 Å². The first-order valence-electron chi connectivity index (χ1n) is 7.91. The molecule has 0 aliphatic carbocycles. The third kappa shape index (κ3) is 3.25. The van der Waals surface area contributed by atoms with Gasteiger partial charge in [0.25, 0.3) is 0 Å². The highest BCUT2D eigenvalue weighted by Crippen LogP contribution is 2.24. The van der Waals surface area contributed by atoms with Gasteiger partial charge in [0.2, 0.25) is 5.91 Å². The SMILES string of the molecule is CN(c1ccccc1)C(CC(=O)N1Cc2ccccc2C1)C(=O)O. The van der Waals surface area contributed by atoms with Crippen molar-refractivity contribution >= 4 is 17.6 Å². The molecule has 0 fully saturated rings. The van der Waals surface area contributed by atoms with Crippen LogP contribution >= 0.6 is 0 Å². The fraction of sp³-hybridized carbons (Fsp3) is 0.263. The quantitative estimate of drug-likeness (QED) is 0.918. The van der Waals surface area contributed by atoms with Gasteiger partial charge >= 0.3 is 5.97 Å². The third-order valence-corrected chi connectivity index (χ3v) is 4.48. The molecular formula is C19H20N2O3. The molecule has 0 spiro atoms. The normalized spacial score (nSPS) is 14.1. The first-order chi connectivity index (χ1) is 11.6. The summed E-state index contributed by atoms with van der Waals surface area (Å²) in [7, 11) is 1.71. The first-order valence-corrected chi connectivity index (χ1v) is 7.91. The molecule has 24 heavy (non-hydrogen) atoms. The Bertz CT molecular complexity index is 720. The summed E-state index contributed by atoms with van der Waals surface area (Å²) in [5.74, 6) is -1.13. The zero-order chi connectivity index (χ0) is 17.1. The van der Waals surface area contributed by atoms with Crippen LogP contribution in [0, 0.1) is 0 Å². The Morgan fingerprint density at radius 3 is 2.12 bits per heavy atom. The number of likely N-dealkylation sites (N-methyl/N-ethyl adjacent to an activating group) is 1. The summed E-state index contributed by atoms with van der Waals surface area (Å²) in [5.41, 5.74) is 3.05. The number of carbonyl (C=O) groups is 2. The van der Waals surface area contributed by atoms with Gasteiger partial charge in [0.15, 0.2) is 0 Å². The second kappa shape index (κ2) is 6.74. The number of amides is 1. The topological polar surface area (TPSA) is 60.9 Å². The molecule has 5 nitrogen and oxygen atoms in total. The Hall–Kier alpha value is -2.82. The monoisotopic (exact) mass is 324 g/mol. The molecule has 1 N–H and O–H groups in total. The van der Waals surface area contributed by atoms with Crippen molar-refractivity contribution in [2.24, 2.45) is 0 Å². The van der Waals surface area contributed by atoms with E-state index in [9.17, 15) is 14.7 Å². The smallest absolute Gasteiger partial charge is 0.326 e. The van der Waals surface area contributed by atoms with Gasteiger partial charge in [-0.2, -0.15) is 0 Å². The molecule has 3 rings (SSSR count). The Labute approximate surface area is 141 Å². The third-order valence-electron chi connectivity index (χ3n) is 4.48. The number of para-hydroxylation sites is 1. The van der Waals surface area contributed by atoms with E-state index in [2.05, 4.69) is 0 Å². The standard InChI is InChI=1S/C19H20N2O3/c1-20(16-9-3-2-4-10-16)17(19(23)24)11-18(22)21-12-14-7-5-6-8-15(14)13-21/h2-10,17H,11-13H2,1H3,(H,23,24). The largest absolute Gasteiger partial charge is 0.480 e. The van der Waals surface area contributed by atoms with Crippen LogP contribution < -0.4 is 4.90 Å². The molecule has 2 aromatic carbocycles. The van der Waals surface area contributed by atoms with Crippen LogP contribution in [0.4, 0.5) is 5.69 Å². The maximum absolute atomic E-state index is 12.6. The molecule has 1 aliphatic rings. The van der Waals surface area contributed by atoms with Gasteiger partial charge in [-0.3, -0.25) is 4.79 Å². The Morgan fingerprint density at radius 1 is 1.04 bits per heavy atom. The zero-order valence-corrected chi connectivity index (χ0v) is 13.6. The second-order valence-corrected chi connectivity index (χ2v) is 6.02. The number of carboxylic acids is 1. The van der Waals surface area contributed by atoms with Crippen LogP contribution in [0.3, 0.4) is 0 Å². The Morgan fingerprint density at radius 2 is 1.58 bits per heavy atom. The van der Waals surface area contributed by atoms with Gasteiger partial charge in [0.1, 0.15) is 6.04 Å². The highest BCUT2D eigenvalue weighted by Gasteiger charge is 2.30. The number of benzene rings is 2. The zero-order valence-electron chi connectivity index (χ0n) is 13.6. The van der Waals surface area contributed by atoms with Crippen LogP contribution in [0.2, 0.25) is 0 Å². The first kappa shape index (κ1) is 16.1. The molecule has 0 saturated carbocycles. The van der Waals surface area contributed by atoms with E-state index < -0.39 is 12.0 Å². The van der Waals surface area contributed by atoms with E-state index in [1.807, 2.05) is 54.6 Å². The van der Waals surface area contributed by atoms with Gasteiger partial charge < -0.3 is 14.9 Å². The minimum absolute atomic E-state index is 0.0469. The number of anilines is 1. The molecule has 0 bridgehead atoms. The molecule has 0 radical (unpaired) electrons. The predicted octanol–water partition coefficient (Wildman–Crippen LogP) is 2.51. The average molecular weight is 324 g/mol. The lowest BCUT2D eigenvalue weighted by Crippen LogP contribution is -2.42. The van der Waals surface area contributed by atoms with Gasteiger partial charge in [-0.05, 0) is 23.3 Å². The van der Waals surface area contributed by atoms with Crippen molar-refractivity contribution in [3.8, 4) is 0 Å². The van der Waals surface area contributed by atoms with E-state index in [1.54, 1.807) is 16.8 Å². The number of hydrogen-bond acceptors (Lipinski definition) is 3. The average Bonchev–Trinajstić information content (AvgIpc) is 3.03. The van der Waals surface area contributed by atoms with Crippen LogP contribution in [0.15, 0.2) is 54.6 Å². The van der Waals surface area contributed by atoms with E-state index in [0.29, 0.717) is 13.1 Å². The molecule has 2 aromatic rings. The van der Waals surface area contributed by atoms with Gasteiger partial charge in [0, 0.05) is 25.8 Å². The molecule has 5 heteroatoms. The van der Waals surface area contributed by atoms with Gasteiger partial charge in [-0.25, -0.2) is 4.79 Å². The molecule has 1 aliphatic heterocycles. The van der Waals surface area contributed by atoms with Gasteiger partial charge in [-0.15, -0.1) is 0 Å². The minimum Gasteiger partial charge on any atom is -0.480 e. The predicted molar refractivity (Wildman–Crippen MR) is 91.6 cm³/mol. The summed E-state index contributed by atoms with van der Waals surface area (Å²) < 4.78 is 0. The summed E-state index contributed by atoms with van der Waals surface area (Å²) in [4.78, 5) is 27.6. The number of aliphatic carboxylic acids is 1. The summed E-state index contributed by atoms with van der Waals surface area (Å²) in [6, 6.07) is 16.3. The molecular weight excluding hydrogens is 304 g/mol. The fourth-order valence-electron chi connectivity index (χ4n) is 3.04. The summed E-state index contributed by atoms with van der Waals surface area (Å²) in [5, 5.41) is 9.56. The lowest BCUT2D eigenvalue weighted by Gasteiger charge is -2.28. The van der Waals surface area contributed by atoms with Crippen molar-refractivity contribution in [2.75, 3.05) is 11.9 Å². The molecule has 1 unspecified atom stereocenters. The number of hydrogen-bond donors (Lipinski definition) is 1. The fourth-order valence-corrected chi connectivity index (χ4v) is 3.04. The molecule has 124 valence electrons. The molecule has 1 atom stereocenters. The van der Waals surface area contributed by atoms with Crippen LogP contribution in [0.1, 0.15) is 17.5 Å². The highest BCUT2D eigenvalue weighted by molar-refractivity contribution is 5.87. The van der Waals surface area contributed by atoms with E-state index in [4.69, 9.17) is 0 Å². The van der Waals surface area contributed by atoms with Crippen molar-refractivity contribution in [1.82, 2.24) is 4.90 Å². The molecule has 0 saturated heterocycles. The van der Waals surface area contributed by atoms with Crippen LogP contribution in [0.5, 0.6) is 0 Å². The van der Waals surface area contributed by atoms with Crippen molar-refractivity contribution in [3.63, 3.8) is 0 Å². The minimum atomic E-state index is -0.994. The lowest BCUT2D eigenvalue weighted by molar-refractivity contribution is -0.142. The number of nitrogens with zero attached hydrogens (tertiary/aromatic N) is 2. The van der Waals surface area contributed by atoms with Crippen molar-refractivity contribution < 1.29 is 14.7 Å². The summed E-state index contributed by atoms with van der Waals surface area (Å²) in [6.07, 6.45) is -0.0469. The number of carboxylic acid groups (broad SMARTS) is 1. The van der Waals surface area contributed by atoms with Gasteiger partial charge in [-0.1, -0.05) is 42.5 Å². The second-order valence-electron chi connectivity index (χ2n) is 6.02.